The Hall–Kier alpha value is -3.04. The van der Waals surface area contributed by atoms with Gasteiger partial charge >= 0.3 is 11.7 Å². The maximum Gasteiger partial charge on any atom is 0.324 e. The zero-order chi connectivity index (χ0) is 22.8. The molecular formula is C21H27FN2O7. The third kappa shape index (κ3) is 7.30. The number of halogens is 1. The van der Waals surface area contributed by atoms with Crippen LogP contribution in [-0.2, 0) is 14.3 Å². The topological polar surface area (TPSA) is 116 Å². The van der Waals surface area contributed by atoms with Gasteiger partial charge in [0, 0.05) is 19.9 Å². The number of nitro benzene ring substituents is 1. The van der Waals surface area contributed by atoms with Crippen molar-refractivity contribution < 1.29 is 33.2 Å². The summed E-state index contributed by atoms with van der Waals surface area (Å²) >= 11 is 0. The van der Waals surface area contributed by atoms with Crippen LogP contribution in [0.4, 0.5) is 10.1 Å². The molecule has 1 saturated carbocycles. The molecule has 10 heteroatoms. The number of rotatable bonds is 12. The van der Waals surface area contributed by atoms with Gasteiger partial charge in [0.25, 0.3) is 0 Å². The Morgan fingerprint density at radius 1 is 1.29 bits per heavy atom. The number of carbonyl (C=O) groups is 3. The first-order valence-corrected chi connectivity index (χ1v) is 10.3. The lowest BCUT2D eigenvalue weighted by molar-refractivity contribution is -0.386. The van der Waals surface area contributed by atoms with Gasteiger partial charge in [-0.05, 0) is 37.3 Å². The van der Waals surface area contributed by atoms with E-state index in [1.54, 1.807) is 4.90 Å². The Bertz CT molecular complexity index is 809. The van der Waals surface area contributed by atoms with E-state index in [4.69, 9.17) is 9.47 Å². The quantitative estimate of drug-likeness (QED) is 0.162. The number of carbonyl (C=O) groups excluding carboxylic acids is 3. The summed E-state index contributed by atoms with van der Waals surface area (Å²) < 4.78 is 24.2. The smallest absolute Gasteiger partial charge is 0.324 e. The molecule has 2 rings (SSSR count). The van der Waals surface area contributed by atoms with E-state index >= 15 is 0 Å². The lowest BCUT2D eigenvalue weighted by atomic mass is 10.1. The highest BCUT2D eigenvalue weighted by atomic mass is 19.1. The van der Waals surface area contributed by atoms with Gasteiger partial charge in [0.15, 0.2) is 12.1 Å². The molecule has 0 spiro atoms. The molecule has 0 unspecified atom stereocenters. The molecule has 0 N–H and O–H groups in total. The lowest BCUT2D eigenvalue weighted by Crippen LogP contribution is -2.37. The molecule has 1 aliphatic rings. The first kappa shape index (κ1) is 24.2. The number of esters is 1. The van der Waals surface area contributed by atoms with Crippen molar-refractivity contribution in [1.82, 2.24) is 4.90 Å². The maximum atomic E-state index is 14.0. The predicted molar refractivity (Wildman–Crippen MR) is 108 cm³/mol. The standard InChI is InChI=1S/C21H27FN2O7/c1-15(26)30-12-10-23(13-16-5-2-3-6-16)19(27)7-4-11-31-21-18(22)9-8-17(14-25)20(21)24(28)29/h8-9,14,16H,2-7,10-13H2,1H3. The van der Waals surface area contributed by atoms with Crippen LogP contribution in [0.1, 0.15) is 55.8 Å². The van der Waals surface area contributed by atoms with E-state index in [0.29, 0.717) is 12.5 Å². The van der Waals surface area contributed by atoms with Crippen LogP contribution < -0.4 is 4.74 Å². The molecule has 0 saturated heterocycles. The number of amides is 1. The fourth-order valence-electron chi connectivity index (χ4n) is 3.66. The van der Waals surface area contributed by atoms with Gasteiger partial charge in [0.05, 0.1) is 23.6 Å². The summed E-state index contributed by atoms with van der Waals surface area (Å²) in [6.07, 6.45) is 4.93. The lowest BCUT2D eigenvalue weighted by Gasteiger charge is -2.25. The normalized spacial score (nSPS) is 13.6. The number of aldehydes is 1. The average molecular weight is 438 g/mol. The van der Waals surface area contributed by atoms with E-state index in [2.05, 4.69) is 0 Å². The van der Waals surface area contributed by atoms with Crippen LogP contribution in [0.15, 0.2) is 12.1 Å². The Morgan fingerprint density at radius 2 is 2.00 bits per heavy atom. The summed E-state index contributed by atoms with van der Waals surface area (Å²) in [5.74, 6) is -1.71. The number of hydrogen-bond acceptors (Lipinski definition) is 7. The van der Waals surface area contributed by atoms with Crippen LogP contribution in [0.25, 0.3) is 0 Å². The summed E-state index contributed by atoms with van der Waals surface area (Å²) in [5.41, 5.74) is -1.02. The second kappa shape index (κ2) is 12.0. The predicted octanol–water partition coefficient (Wildman–Crippen LogP) is 3.29. The van der Waals surface area contributed by atoms with Crippen molar-refractivity contribution in [3.8, 4) is 5.75 Å². The number of hydrogen-bond donors (Lipinski definition) is 0. The number of nitrogens with zero attached hydrogens (tertiary/aromatic N) is 2. The molecule has 1 aromatic rings. The van der Waals surface area contributed by atoms with Crippen molar-refractivity contribution in [2.75, 3.05) is 26.3 Å². The SMILES string of the molecule is CC(=O)OCCN(CC1CCCC1)C(=O)CCCOc1c(F)ccc(C=O)c1[N+](=O)[O-]. The molecule has 0 aromatic heterocycles. The molecule has 31 heavy (non-hydrogen) atoms. The molecule has 0 bridgehead atoms. The molecule has 170 valence electrons. The highest BCUT2D eigenvalue weighted by Gasteiger charge is 2.26. The minimum atomic E-state index is -0.951. The van der Waals surface area contributed by atoms with Gasteiger partial charge in [-0.15, -0.1) is 0 Å². The van der Waals surface area contributed by atoms with Gasteiger partial charge in [-0.2, -0.15) is 0 Å². The summed E-state index contributed by atoms with van der Waals surface area (Å²) in [6, 6.07) is 1.94. The summed E-state index contributed by atoms with van der Waals surface area (Å²) in [5, 5.41) is 11.2. The number of nitro groups is 1. The molecule has 0 aliphatic heterocycles. The first-order chi connectivity index (χ1) is 14.8. The zero-order valence-electron chi connectivity index (χ0n) is 17.5. The van der Waals surface area contributed by atoms with Crippen LogP contribution in [0, 0.1) is 21.8 Å². The average Bonchev–Trinajstić information content (AvgIpc) is 3.23. The number of benzene rings is 1. The molecule has 0 heterocycles. The molecule has 1 aliphatic carbocycles. The summed E-state index contributed by atoms with van der Waals surface area (Å²) in [4.78, 5) is 46.6. The van der Waals surface area contributed by atoms with E-state index < -0.39 is 28.1 Å². The maximum absolute atomic E-state index is 14.0. The fourth-order valence-corrected chi connectivity index (χ4v) is 3.66. The van der Waals surface area contributed by atoms with Crippen molar-refractivity contribution in [3.63, 3.8) is 0 Å². The molecule has 1 amide bonds. The zero-order valence-corrected chi connectivity index (χ0v) is 17.5. The Balaban J connectivity index is 1.92. The summed E-state index contributed by atoms with van der Waals surface area (Å²) in [6.45, 7) is 2.16. The Kier molecular flexibility index (Phi) is 9.36. The fraction of sp³-hybridized carbons (Fsp3) is 0.571. The van der Waals surface area contributed by atoms with E-state index in [1.807, 2.05) is 0 Å². The molecular weight excluding hydrogens is 411 g/mol. The number of ether oxygens (including phenoxy) is 2. The van der Waals surface area contributed by atoms with Gasteiger partial charge in [0.1, 0.15) is 6.61 Å². The van der Waals surface area contributed by atoms with Crippen molar-refractivity contribution in [1.29, 1.82) is 0 Å². The summed E-state index contributed by atoms with van der Waals surface area (Å²) in [7, 11) is 0. The van der Waals surface area contributed by atoms with E-state index in [-0.39, 0.29) is 50.4 Å². The van der Waals surface area contributed by atoms with E-state index in [9.17, 15) is 28.9 Å². The Labute approximate surface area is 179 Å². The third-order valence-electron chi connectivity index (χ3n) is 5.18. The van der Waals surface area contributed by atoms with Crippen LogP contribution in [0.5, 0.6) is 5.75 Å². The third-order valence-corrected chi connectivity index (χ3v) is 5.18. The van der Waals surface area contributed by atoms with Gasteiger partial charge in [-0.25, -0.2) is 4.39 Å². The highest BCUT2D eigenvalue weighted by Crippen LogP contribution is 2.33. The second-order valence-corrected chi connectivity index (χ2v) is 7.47. The van der Waals surface area contributed by atoms with Crippen molar-refractivity contribution in [3.05, 3.63) is 33.6 Å². The first-order valence-electron chi connectivity index (χ1n) is 10.3. The van der Waals surface area contributed by atoms with Crippen LogP contribution >= 0.6 is 0 Å². The molecule has 0 radical (unpaired) electrons. The minimum Gasteiger partial charge on any atom is -0.485 e. The van der Waals surface area contributed by atoms with E-state index in [0.717, 1.165) is 37.8 Å². The monoisotopic (exact) mass is 438 g/mol. The van der Waals surface area contributed by atoms with Crippen LogP contribution in [0.2, 0.25) is 0 Å². The van der Waals surface area contributed by atoms with Crippen LogP contribution in [-0.4, -0.2) is 54.3 Å². The van der Waals surface area contributed by atoms with Gasteiger partial charge < -0.3 is 14.4 Å². The second-order valence-electron chi connectivity index (χ2n) is 7.47. The van der Waals surface area contributed by atoms with Crippen LogP contribution in [0.3, 0.4) is 0 Å². The largest absolute Gasteiger partial charge is 0.485 e. The minimum absolute atomic E-state index is 0.0928. The van der Waals surface area contributed by atoms with E-state index in [1.165, 1.54) is 6.92 Å². The van der Waals surface area contributed by atoms with Crippen molar-refractivity contribution in [2.24, 2.45) is 5.92 Å². The van der Waals surface area contributed by atoms with Gasteiger partial charge in [-0.1, -0.05) is 12.8 Å². The van der Waals surface area contributed by atoms with Gasteiger partial charge in [0.2, 0.25) is 11.7 Å². The highest BCUT2D eigenvalue weighted by molar-refractivity contribution is 5.83. The molecule has 0 atom stereocenters. The van der Waals surface area contributed by atoms with Crippen molar-refractivity contribution in [2.45, 2.75) is 45.4 Å². The van der Waals surface area contributed by atoms with Crippen molar-refractivity contribution >= 4 is 23.9 Å². The Morgan fingerprint density at radius 3 is 2.61 bits per heavy atom. The molecule has 1 aromatic carbocycles. The van der Waals surface area contributed by atoms with Gasteiger partial charge in [-0.3, -0.25) is 24.5 Å². The molecule has 9 nitrogen and oxygen atoms in total. The molecule has 1 fully saturated rings.